The molecular formula is C23H30N2O4S. The van der Waals surface area contributed by atoms with E-state index in [1.54, 1.807) is 36.9 Å². The predicted molar refractivity (Wildman–Crippen MR) is 117 cm³/mol. The van der Waals surface area contributed by atoms with Gasteiger partial charge in [-0.25, -0.2) is 8.42 Å². The van der Waals surface area contributed by atoms with Gasteiger partial charge < -0.3 is 9.64 Å². The van der Waals surface area contributed by atoms with Crippen LogP contribution >= 0.6 is 0 Å². The first kappa shape index (κ1) is 22.5. The summed E-state index contributed by atoms with van der Waals surface area (Å²) in [6.07, 6.45) is 1.68. The molecule has 0 aromatic heterocycles. The summed E-state index contributed by atoms with van der Waals surface area (Å²) in [6.45, 7) is 6.18. The monoisotopic (exact) mass is 430 g/mol. The van der Waals surface area contributed by atoms with Crippen molar-refractivity contribution in [2.75, 3.05) is 26.2 Å². The zero-order chi connectivity index (χ0) is 21.6. The van der Waals surface area contributed by atoms with Gasteiger partial charge in [0.15, 0.2) is 0 Å². The summed E-state index contributed by atoms with van der Waals surface area (Å²) >= 11 is 0. The second-order valence-corrected chi connectivity index (χ2v) is 9.34. The number of hydrogen-bond donors (Lipinski definition) is 0. The molecule has 1 aliphatic heterocycles. The average Bonchev–Trinajstić information content (AvgIpc) is 2.79. The quantitative estimate of drug-likeness (QED) is 0.643. The highest BCUT2D eigenvalue weighted by Gasteiger charge is 2.26. The van der Waals surface area contributed by atoms with E-state index in [9.17, 15) is 13.2 Å². The topological polar surface area (TPSA) is 66.9 Å². The van der Waals surface area contributed by atoms with E-state index < -0.39 is 10.0 Å². The fraction of sp³-hybridized carbons (Fsp3) is 0.435. The van der Waals surface area contributed by atoms with E-state index in [-0.39, 0.29) is 16.9 Å². The highest BCUT2D eigenvalue weighted by atomic mass is 32.2. The Morgan fingerprint density at radius 2 is 1.70 bits per heavy atom. The fourth-order valence-electron chi connectivity index (χ4n) is 3.70. The largest absolute Gasteiger partial charge is 0.373 e. The van der Waals surface area contributed by atoms with Gasteiger partial charge in [-0.05, 0) is 36.6 Å². The van der Waals surface area contributed by atoms with Gasteiger partial charge in [0, 0.05) is 31.7 Å². The van der Waals surface area contributed by atoms with Gasteiger partial charge in [0.2, 0.25) is 10.0 Å². The first-order valence-corrected chi connectivity index (χ1v) is 11.9. The van der Waals surface area contributed by atoms with Crippen LogP contribution in [0.3, 0.4) is 0 Å². The lowest BCUT2D eigenvalue weighted by molar-refractivity contribution is -0.000385. The maximum Gasteiger partial charge on any atom is 0.253 e. The lowest BCUT2D eigenvalue weighted by Crippen LogP contribution is -2.41. The van der Waals surface area contributed by atoms with Crippen LogP contribution in [-0.2, 0) is 21.4 Å². The Morgan fingerprint density at radius 1 is 1.03 bits per heavy atom. The molecule has 1 heterocycles. The molecule has 30 heavy (non-hydrogen) atoms. The van der Waals surface area contributed by atoms with Gasteiger partial charge in [0.1, 0.15) is 0 Å². The van der Waals surface area contributed by atoms with Crippen molar-refractivity contribution in [3.8, 4) is 0 Å². The number of hydrogen-bond acceptors (Lipinski definition) is 4. The van der Waals surface area contributed by atoms with Gasteiger partial charge in [-0.1, -0.05) is 50.2 Å². The van der Waals surface area contributed by atoms with Crippen molar-refractivity contribution in [2.45, 2.75) is 44.3 Å². The van der Waals surface area contributed by atoms with Crippen molar-refractivity contribution in [3.05, 3.63) is 65.7 Å². The van der Waals surface area contributed by atoms with Crippen molar-refractivity contribution in [3.63, 3.8) is 0 Å². The fourth-order valence-corrected chi connectivity index (χ4v) is 5.20. The Bertz CT molecular complexity index is 935. The van der Waals surface area contributed by atoms with Gasteiger partial charge in [0.05, 0.1) is 17.6 Å². The second kappa shape index (κ2) is 10.2. The number of benzene rings is 2. The van der Waals surface area contributed by atoms with Gasteiger partial charge in [0.25, 0.3) is 5.91 Å². The normalized spacial score (nSPS) is 15.5. The van der Waals surface area contributed by atoms with Gasteiger partial charge >= 0.3 is 0 Å². The summed E-state index contributed by atoms with van der Waals surface area (Å²) in [5, 5.41) is 0. The molecule has 0 N–H and O–H groups in total. The molecule has 0 unspecified atom stereocenters. The Hall–Kier alpha value is -2.22. The summed E-state index contributed by atoms with van der Waals surface area (Å²) in [4.78, 5) is 14.9. The number of sulfonamides is 1. The van der Waals surface area contributed by atoms with Crippen LogP contribution in [0.4, 0.5) is 0 Å². The molecule has 0 radical (unpaired) electrons. The highest BCUT2D eigenvalue weighted by molar-refractivity contribution is 7.89. The molecule has 6 nitrogen and oxygen atoms in total. The maximum atomic E-state index is 13.0. The van der Waals surface area contributed by atoms with Crippen LogP contribution in [0.15, 0.2) is 59.5 Å². The molecule has 162 valence electrons. The van der Waals surface area contributed by atoms with Crippen molar-refractivity contribution < 1.29 is 17.9 Å². The van der Waals surface area contributed by atoms with Crippen LogP contribution in [0.2, 0.25) is 0 Å². The smallest absolute Gasteiger partial charge is 0.253 e. The predicted octanol–water partition coefficient (Wildman–Crippen LogP) is 3.54. The third-order valence-corrected chi connectivity index (χ3v) is 7.53. The minimum Gasteiger partial charge on any atom is -0.373 e. The zero-order valence-corrected chi connectivity index (χ0v) is 18.5. The van der Waals surface area contributed by atoms with Crippen LogP contribution in [0, 0.1) is 0 Å². The molecule has 0 bridgehead atoms. The first-order valence-electron chi connectivity index (χ1n) is 10.5. The van der Waals surface area contributed by atoms with E-state index >= 15 is 0 Å². The van der Waals surface area contributed by atoms with E-state index in [0.717, 1.165) is 18.4 Å². The maximum absolute atomic E-state index is 13.0. The Kier molecular flexibility index (Phi) is 7.64. The van der Waals surface area contributed by atoms with Crippen LogP contribution in [-0.4, -0.2) is 55.8 Å². The van der Waals surface area contributed by atoms with Crippen molar-refractivity contribution >= 4 is 15.9 Å². The number of piperidine rings is 1. The van der Waals surface area contributed by atoms with Crippen molar-refractivity contribution in [1.82, 2.24) is 9.21 Å². The molecule has 0 spiro atoms. The van der Waals surface area contributed by atoms with Crippen LogP contribution in [0.25, 0.3) is 0 Å². The standard InChI is InChI=1S/C23H30N2O4S/c1-3-25(4-2)30(27,28)22-12-8-11-20(17-22)23(26)24-15-13-21(14-16-24)29-18-19-9-6-5-7-10-19/h5-12,17,21H,3-4,13-16,18H2,1-2H3. The molecule has 1 fully saturated rings. The number of carbonyl (C=O) groups is 1. The lowest BCUT2D eigenvalue weighted by Gasteiger charge is -2.32. The van der Waals surface area contributed by atoms with E-state index in [1.807, 2.05) is 30.3 Å². The Morgan fingerprint density at radius 3 is 2.33 bits per heavy atom. The summed E-state index contributed by atoms with van der Waals surface area (Å²) in [5.41, 5.74) is 1.55. The molecule has 1 amide bonds. The molecule has 2 aromatic carbocycles. The number of nitrogens with zero attached hydrogens (tertiary/aromatic N) is 2. The minimum absolute atomic E-state index is 0.128. The second-order valence-electron chi connectivity index (χ2n) is 7.41. The molecule has 1 aliphatic rings. The number of rotatable bonds is 8. The van der Waals surface area contributed by atoms with E-state index in [2.05, 4.69) is 0 Å². The highest BCUT2D eigenvalue weighted by Crippen LogP contribution is 2.21. The third kappa shape index (κ3) is 5.28. The Labute approximate surface area is 179 Å². The van der Waals surface area contributed by atoms with Gasteiger partial charge in [-0.2, -0.15) is 4.31 Å². The lowest BCUT2D eigenvalue weighted by atomic mass is 10.1. The molecule has 7 heteroatoms. The van der Waals surface area contributed by atoms with E-state index in [1.165, 1.54) is 10.4 Å². The molecule has 3 rings (SSSR count). The van der Waals surface area contributed by atoms with Gasteiger partial charge in [-0.15, -0.1) is 0 Å². The van der Waals surface area contributed by atoms with Crippen LogP contribution < -0.4 is 0 Å². The third-order valence-electron chi connectivity index (χ3n) is 5.48. The minimum atomic E-state index is -3.59. The molecular weight excluding hydrogens is 400 g/mol. The van der Waals surface area contributed by atoms with E-state index in [0.29, 0.717) is 38.3 Å². The van der Waals surface area contributed by atoms with Crippen molar-refractivity contribution in [1.29, 1.82) is 0 Å². The summed E-state index contributed by atoms with van der Waals surface area (Å²) < 4.78 is 32.9. The van der Waals surface area contributed by atoms with E-state index in [4.69, 9.17) is 4.74 Å². The van der Waals surface area contributed by atoms with Crippen LogP contribution in [0.1, 0.15) is 42.6 Å². The molecule has 0 aliphatic carbocycles. The number of ether oxygens (including phenoxy) is 1. The summed E-state index contributed by atoms with van der Waals surface area (Å²) in [5.74, 6) is -0.131. The zero-order valence-electron chi connectivity index (χ0n) is 17.7. The molecule has 1 saturated heterocycles. The molecule has 0 saturated carbocycles. The molecule has 0 atom stereocenters. The number of amides is 1. The first-order chi connectivity index (χ1) is 14.5. The summed E-state index contributed by atoms with van der Waals surface area (Å²) in [6, 6.07) is 16.4. The Balaban J connectivity index is 1.60. The van der Waals surface area contributed by atoms with Crippen LogP contribution in [0.5, 0.6) is 0 Å². The number of carbonyl (C=O) groups excluding carboxylic acids is 1. The summed E-state index contributed by atoms with van der Waals surface area (Å²) in [7, 11) is -3.59. The van der Waals surface area contributed by atoms with Crippen molar-refractivity contribution in [2.24, 2.45) is 0 Å². The van der Waals surface area contributed by atoms with Gasteiger partial charge in [-0.3, -0.25) is 4.79 Å². The number of likely N-dealkylation sites (tertiary alicyclic amines) is 1. The SMILES string of the molecule is CCN(CC)S(=O)(=O)c1cccc(C(=O)N2CCC(OCc3ccccc3)CC2)c1. The molecule has 2 aromatic rings. The average molecular weight is 431 g/mol.